The highest BCUT2D eigenvalue weighted by molar-refractivity contribution is 7.89. The zero-order valence-corrected chi connectivity index (χ0v) is 21.8. The van der Waals surface area contributed by atoms with E-state index >= 15 is 0 Å². The van der Waals surface area contributed by atoms with Crippen molar-refractivity contribution in [3.8, 4) is 0 Å². The van der Waals surface area contributed by atoms with Crippen LogP contribution in [0.2, 0.25) is 0 Å². The molecule has 0 radical (unpaired) electrons. The van der Waals surface area contributed by atoms with E-state index in [1.165, 1.54) is 36.9 Å². The number of carbonyl (C=O) groups excluding carboxylic acids is 2. The Bertz CT molecular complexity index is 1400. The smallest absolute Gasteiger partial charge is 0.324 e. The maximum Gasteiger partial charge on any atom is 0.324 e. The standard InChI is InChI=1S/C23H30N8O5S/c1-5-24-21(32)16-10-11-17(36-16)31-13-27-18-19(25-12-26-20(18)31)29-22(33)28-14-6-8-15(9-7-14)37(34,35)30-23(2,3)4/h6-9,12-13,16-17,30H,5,10-11H2,1-4H3,(H,24,32)(H2,25,26,28,29,33)/t16-,17+/m0/s1. The van der Waals surface area contributed by atoms with Crippen molar-refractivity contribution < 1.29 is 22.7 Å². The number of anilines is 2. The summed E-state index contributed by atoms with van der Waals surface area (Å²) < 4.78 is 35.1. The zero-order valence-electron chi connectivity index (χ0n) is 21.0. The van der Waals surface area contributed by atoms with E-state index in [4.69, 9.17) is 4.74 Å². The minimum absolute atomic E-state index is 0.0833. The number of nitrogens with one attached hydrogen (secondary N) is 4. The highest BCUT2D eigenvalue weighted by Gasteiger charge is 2.32. The summed E-state index contributed by atoms with van der Waals surface area (Å²) in [6.45, 7) is 7.63. The number of amides is 3. The fourth-order valence-electron chi connectivity index (χ4n) is 3.91. The molecule has 2 aromatic heterocycles. The van der Waals surface area contributed by atoms with E-state index in [0.717, 1.165) is 0 Å². The van der Waals surface area contributed by atoms with E-state index in [-0.39, 0.29) is 16.6 Å². The quantitative estimate of drug-likeness (QED) is 0.361. The lowest BCUT2D eigenvalue weighted by Gasteiger charge is -2.20. The van der Waals surface area contributed by atoms with Gasteiger partial charge in [0.25, 0.3) is 0 Å². The van der Waals surface area contributed by atoms with Gasteiger partial charge in [0, 0.05) is 17.8 Å². The Morgan fingerprint density at radius 3 is 2.49 bits per heavy atom. The van der Waals surface area contributed by atoms with Gasteiger partial charge in [-0.1, -0.05) is 0 Å². The first-order chi connectivity index (χ1) is 17.5. The molecule has 2 atom stereocenters. The largest absolute Gasteiger partial charge is 0.354 e. The second kappa shape index (κ2) is 10.4. The van der Waals surface area contributed by atoms with Gasteiger partial charge in [-0.25, -0.2) is 32.9 Å². The maximum absolute atomic E-state index is 12.6. The van der Waals surface area contributed by atoms with Crippen LogP contribution in [0.3, 0.4) is 0 Å². The van der Waals surface area contributed by atoms with Gasteiger partial charge in [0.05, 0.1) is 11.2 Å². The number of urea groups is 1. The van der Waals surface area contributed by atoms with Gasteiger partial charge < -0.3 is 15.4 Å². The fourth-order valence-corrected chi connectivity index (χ4v) is 5.33. The van der Waals surface area contributed by atoms with Gasteiger partial charge in [0.15, 0.2) is 17.0 Å². The third kappa shape index (κ3) is 6.21. The molecule has 0 unspecified atom stereocenters. The summed E-state index contributed by atoms with van der Waals surface area (Å²) in [6.07, 6.45) is 3.06. The normalized spacial score (nSPS) is 18.1. The first-order valence-electron chi connectivity index (χ1n) is 11.8. The van der Waals surface area contributed by atoms with Crippen LogP contribution in [0.1, 0.15) is 46.8 Å². The van der Waals surface area contributed by atoms with Crippen LogP contribution in [-0.4, -0.2) is 58.1 Å². The minimum Gasteiger partial charge on any atom is -0.354 e. The Labute approximate surface area is 214 Å². The third-order valence-electron chi connectivity index (χ3n) is 5.40. The summed E-state index contributed by atoms with van der Waals surface area (Å²) in [6, 6.07) is 5.20. The molecule has 0 saturated carbocycles. The fraction of sp³-hybridized carbons (Fsp3) is 0.435. The number of carbonyl (C=O) groups is 2. The number of fused-ring (bicyclic) bond motifs is 1. The molecule has 1 aromatic carbocycles. The van der Waals surface area contributed by atoms with Crippen molar-refractivity contribution in [2.75, 3.05) is 17.2 Å². The van der Waals surface area contributed by atoms with Crippen molar-refractivity contribution in [2.45, 2.75) is 63.3 Å². The van der Waals surface area contributed by atoms with Gasteiger partial charge in [-0.05, 0) is 64.8 Å². The van der Waals surface area contributed by atoms with Crippen molar-refractivity contribution in [1.29, 1.82) is 0 Å². The second-order valence-corrected chi connectivity index (χ2v) is 11.2. The second-order valence-electron chi connectivity index (χ2n) is 9.56. The molecule has 3 aromatic rings. The van der Waals surface area contributed by atoms with Crippen molar-refractivity contribution in [3.63, 3.8) is 0 Å². The van der Waals surface area contributed by atoms with Gasteiger partial charge in [0.1, 0.15) is 18.7 Å². The number of sulfonamides is 1. The van der Waals surface area contributed by atoms with E-state index < -0.39 is 33.9 Å². The third-order valence-corrected chi connectivity index (χ3v) is 7.18. The molecule has 198 valence electrons. The predicted molar refractivity (Wildman–Crippen MR) is 136 cm³/mol. The summed E-state index contributed by atoms with van der Waals surface area (Å²) in [7, 11) is -3.69. The van der Waals surface area contributed by atoms with Gasteiger partial charge in [0.2, 0.25) is 15.9 Å². The van der Waals surface area contributed by atoms with Crippen LogP contribution in [0, 0.1) is 0 Å². The first-order valence-corrected chi connectivity index (χ1v) is 13.3. The number of rotatable bonds is 7. The Balaban J connectivity index is 1.43. The first kappa shape index (κ1) is 26.4. The van der Waals surface area contributed by atoms with Crippen LogP contribution in [0.25, 0.3) is 11.2 Å². The predicted octanol–water partition coefficient (Wildman–Crippen LogP) is 2.36. The van der Waals surface area contributed by atoms with Crippen molar-refractivity contribution >= 4 is 44.6 Å². The van der Waals surface area contributed by atoms with Crippen molar-refractivity contribution in [1.82, 2.24) is 29.6 Å². The lowest BCUT2D eigenvalue weighted by molar-refractivity contribution is -0.133. The van der Waals surface area contributed by atoms with Crippen LogP contribution in [0.4, 0.5) is 16.3 Å². The SMILES string of the molecule is CCNC(=O)[C@@H]1CC[C@H](n2cnc3c(NC(=O)Nc4ccc(S(=O)(=O)NC(C)(C)C)cc4)ncnc32)O1. The van der Waals surface area contributed by atoms with Crippen molar-refractivity contribution in [3.05, 3.63) is 36.9 Å². The molecule has 1 saturated heterocycles. The zero-order chi connectivity index (χ0) is 26.8. The molecular formula is C23H30N8O5S. The van der Waals surface area contributed by atoms with E-state index in [1.807, 2.05) is 6.92 Å². The molecule has 1 aliphatic heterocycles. The van der Waals surface area contributed by atoms with Gasteiger partial charge in [-0.15, -0.1) is 0 Å². The lowest BCUT2D eigenvalue weighted by Crippen LogP contribution is -2.40. The van der Waals surface area contributed by atoms with Crippen LogP contribution >= 0.6 is 0 Å². The van der Waals surface area contributed by atoms with Gasteiger partial charge >= 0.3 is 6.03 Å². The lowest BCUT2D eigenvalue weighted by atomic mass is 10.1. The number of ether oxygens (including phenoxy) is 1. The monoisotopic (exact) mass is 530 g/mol. The summed E-state index contributed by atoms with van der Waals surface area (Å²) >= 11 is 0. The topological polar surface area (TPSA) is 169 Å². The number of imidazole rings is 1. The molecule has 4 N–H and O–H groups in total. The summed E-state index contributed by atoms with van der Waals surface area (Å²) in [5, 5.41) is 8.05. The maximum atomic E-state index is 12.6. The van der Waals surface area contributed by atoms with E-state index in [2.05, 4.69) is 35.6 Å². The van der Waals surface area contributed by atoms with E-state index in [9.17, 15) is 18.0 Å². The van der Waals surface area contributed by atoms with Crippen LogP contribution in [0.5, 0.6) is 0 Å². The molecule has 0 spiro atoms. The molecule has 4 rings (SSSR count). The molecule has 37 heavy (non-hydrogen) atoms. The van der Waals surface area contributed by atoms with Crippen LogP contribution < -0.4 is 20.7 Å². The molecule has 14 heteroatoms. The number of aromatic nitrogens is 4. The Hall–Kier alpha value is -3.62. The molecular weight excluding hydrogens is 500 g/mol. The number of hydrogen-bond acceptors (Lipinski definition) is 8. The number of nitrogens with zero attached hydrogens (tertiary/aromatic N) is 4. The Kier molecular flexibility index (Phi) is 7.43. The summed E-state index contributed by atoms with van der Waals surface area (Å²) in [5.74, 6) is 0.0345. The van der Waals surface area contributed by atoms with Gasteiger partial charge in [-0.2, -0.15) is 0 Å². The number of hydrogen-bond donors (Lipinski definition) is 4. The number of likely N-dealkylation sites (N-methyl/N-ethyl adjacent to an activating group) is 1. The molecule has 1 aliphatic rings. The Morgan fingerprint density at radius 1 is 1.08 bits per heavy atom. The van der Waals surface area contributed by atoms with Crippen LogP contribution in [0.15, 0.2) is 41.8 Å². The molecule has 0 aliphatic carbocycles. The highest BCUT2D eigenvalue weighted by Crippen LogP contribution is 2.31. The Morgan fingerprint density at radius 2 is 1.81 bits per heavy atom. The molecule has 3 heterocycles. The average molecular weight is 531 g/mol. The van der Waals surface area contributed by atoms with Crippen molar-refractivity contribution in [2.24, 2.45) is 0 Å². The molecule has 3 amide bonds. The van der Waals surface area contributed by atoms with E-state index in [0.29, 0.717) is 36.2 Å². The van der Waals surface area contributed by atoms with Crippen LogP contribution in [-0.2, 0) is 19.6 Å². The number of benzene rings is 1. The molecule has 0 bridgehead atoms. The summed E-state index contributed by atoms with van der Waals surface area (Å²) in [5.41, 5.74) is 0.574. The molecule has 1 fully saturated rings. The average Bonchev–Trinajstić information content (AvgIpc) is 3.46. The molecule has 13 nitrogen and oxygen atoms in total. The highest BCUT2D eigenvalue weighted by atomic mass is 32.2. The van der Waals surface area contributed by atoms with Gasteiger partial charge in [-0.3, -0.25) is 14.7 Å². The van der Waals surface area contributed by atoms with E-state index in [1.54, 1.807) is 25.3 Å². The summed E-state index contributed by atoms with van der Waals surface area (Å²) in [4.78, 5) is 37.5. The minimum atomic E-state index is -3.69.